The average Bonchev–Trinajstić information content (AvgIpc) is 2.50. The molecule has 2 N–H and O–H groups in total. The molecule has 0 radical (unpaired) electrons. The van der Waals surface area contributed by atoms with Crippen LogP contribution in [0.5, 0.6) is 0 Å². The van der Waals surface area contributed by atoms with E-state index in [1.165, 1.54) is 12.1 Å². The molecule has 1 fully saturated rings. The zero-order valence-corrected chi connectivity index (χ0v) is 10.1. The second-order valence-corrected chi connectivity index (χ2v) is 5.00. The molecule has 1 heterocycles. The van der Waals surface area contributed by atoms with Crippen LogP contribution in [0.15, 0.2) is 24.3 Å². The maximum absolute atomic E-state index is 12.9. The third-order valence-corrected chi connectivity index (χ3v) is 3.62. The molecular formula is C13H17FN2O. The minimum Gasteiger partial charge on any atom is -0.330 e. The summed E-state index contributed by atoms with van der Waals surface area (Å²) in [6.45, 7) is 4.48. The highest BCUT2D eigenvalue weighted by Gasteiger charge is 2.45. The van der Waals surface area contributed by atoms with Crippen LogP contribution in [0.1, 0.15) is 20.3 Å². The number of benzene rings is 1. The Morgan fingerprint density at radius 2 is 2.00 bits per heavy atom. The van der Waals surface area contributed by atoms with Gasteiger partial charge in [-0.3, -0.25) is 4.79 Å². The Kier molecular flexibility index (Phi) is 2.91. The van der Waals surface area contributed by atoms with Crippen molar-refractivity contribution >= 4 is 11.6 Å². The van der Waals surface area contributed by atoms with Crippen molar-refractivity contribution in [2.75, 3.05) is 11.4 Å². The summed E-state index contributed by atoms with van der Waals surface area (Å²) >= 11 is 0. The lowest BCUT2D eigenvalue weighted by molar-refractivity contribution is -0.117. The van der Waals surface area contributed by atoms with Gasteiger partial charge in [0.2, 0.25) is 5.91 Å². The van der Waals surface area contributed by atoms with E-state index in [4.69, 9.17) is 5.73 Å². The summed E-state index contributed by atoms with van der Waals surface area (Å²) in [6, 6.07) is 6.00. The van der Waals surface area contributed by atoms with E-state index in [-0.39, 0.29) is 23.2 Å². The first-order valence-corrected chi connectivity index (χ1v) is 5.75. The lowest BCUT2D eigenvalue weighted by atomic mass is 9.88. The van der Waals surface area contributed by atoms with E-state index in [1.807, 2.05) is 13.8 Å². The van der Waals surface area contributed by atoms with Gasteiger partial charge in [0.1, 0.15) is 5.82 Å². The van der Waals surface area contributed by atoms with Crippen molar-refractivity contribution in [3.63, 3.8) is 0 Å². The molecule has 2 rings (SSSR count). The average molecular weight is 236 g/mol. The molecule has 1 aliphatic rings. The molecule has 0 aromatic heterocycles. The molecule has 1 aromatic carbocycles. The lowest BCUT2D eigenvalue weighted by Crippen LogP contribution is -2.46. The first kappa shape index (κ1) is 12.0. The maximum Gasteiger partial charge on any atom is 0.227 e. The Bertz CT molecular complexity index is 428. The van der Waals surface area contributed by atoms with Gasteiger partial charge in [-0.15, -0.1) is 0 Å². The van der Waals surface area contributed by atoms with E-state index in [2.05, 4.69) is 0 Å². The topological polar surface area (TPSA) is 46.3 Å². The number of nitrogens with two attached hydrogens (primary N) is 1. The molecule has 0 bridgehead atoms. The molecule has 92 valence electrons. The summed E-state index contributed by atoms with van der Waals surface area (Å²) < 4.78 is 12.9. The molecule has 0 spiro atoms. The highest BCUT2D eigenvalue weighted by Crippen LogP contribution is 2.38. The largest absolute Gasteiger partial charge is 0.330 e. The molecule has 1 unspecified atom stereocenters. The zero-order valence-electron chi connectivity index (χ0n) is 10.1. The van der Waals surface area contributed by atoms with Crippen LogP contribution in [-0.2, 0) is 4.79 Å². The highest BCUT2D eigenvalue weighted by molar-refractivity contribution is 5.97. The minimum atomic E-state index is -0.316. The lowest BCUT2D eigenvalue weighted by Gasteiger charge is -2.35. The number of carbonyl (C=O) groups is 1. The summed E-state index contributed by atoms with van der Waals surface area (Å²) in [6.07, 6.45) is 0.459. The molecule has 1 atom stereocenters. The highest BCUT2D eigenvalue weighted by atomic mass is 19.1. The van der Waals surface area contributed by atoms with Crippen LogP contribution < -0.4 is 10.6 Å². The fourth-order valence-corrected chi connectivity index (χ4v) is 2.49. The SMILES string of the molecule is CC1(C)C(CN)CC(=O)N1c1ccc(F)cc1. The van der Waals surface area contributed by atoms with E-state index in [0.717, 1.165) is 5.69 Å². The fourth-order valence-electron chi connectivity index (χ4n) is 2.49. The summed E-state index contributed by atoms with van der Waals surface area (Å²) in [5.41, 5.74) is 6.12. The van der Waals surface area contributed by atoms with E-state index >= 15 is 0 Å². The minimum absolute atomic E-state index is 0.0528. The van der Waals surface area contributed by atoms with E-state index in [0.29, 0.717) is 13.0 Å². The van der Waals surface area contributed by atoms with E-state index < -0.39 is 0 Å². The van der Waals surface area contributed by atoms with Crippen LogP contribution >= 0.6 is 0 Å². The molecule has 4 heteroatoms. The van der Waals surface area contributed by atoms with Gasteiger partial charge in [0.15, 0.2) is 0 Å². The first-order valence-electron chi connectivity index (χ1n) is 5.75. The van der Waals surface area contributed by atoms with Gasteiger partial charge in [-0.2, -0.15) is 0 Å². The number of nitrogens with zero attached hydrogens (tertiary/aromatic N) is 1. The van der Waals surface area contributed by atoms with Crippen LogP contribution in [0, 0.1) is 11.7 Å². The van der Waals surface area contributed by atoms with Gasteiger partial charge in [0.25, 0.3) is 0 Å². The van der Waals surface area contributed by atoms with Crippen molar-refractivity contribution in [1.29, 1.82) is 0 Å². The number of carbonyl (C=O) groups excluding carboxylic acids is 1. The molecule has 3 nitrogen and oxygen atoms in total. The number of rotatable bonds is 2. The first-order chi connectivity index (χ1) is 7.96. The third-order valence-electron chi connectivity index (χ3n) is 3.62. The zero-order chi connectivity index (χ0) is 12.6. The Balaban J connectivity index is 2.37. The Hall–Kier alpha value is -1.42. The van der Waals surface area contributed by atoms with Gasteiger partial charge in [-0.1, -0.05) is 0 Å². The van der Waals surface area contributed by atoms with Crippen LogP contribution in [0.3, 0.4) is 0 Å². The van der Waals surface area contributed by atoms with E-state index in [9.17, 15) is 9.18 Å². The van der Waals surface area contributed by atoms with Gasteiger partial charge >= 0.3 is 0 Å². The molecular weight excluding hydrogens is 219 g/mol. The molecule has 1 aromatic rings. The monoisotopic (exact) mass is 236 g/mol. The second-order valence-electron chi connectivity index (χ2n) is 5.00. The molecule has 0 aliphatic carbocycles. The van der Waals surface area contributed by atoms with Gasteiger partial charge in [0.05, 0.1) is 0 Å². The second kappa shape index (κ2) is 4.11. The number of halogens is 1. The van der Waals surface area contributed by atoms with Crippen LogP contribution in [0.4, 0.5) is 10.1 Å². The molecule has 17 heavy (non-hydrogen) atoms. The van der Waals surface area contributed by atoms with Gasteiger partial charge in [0, 0.05) is 23.6 Å². The summed E-state index contributed by atoms with van der Waals surface area (Å²) in [5.74, 6) is -0.106. The number of hydrogen-bond donors (Lipinski definition) is 1. The van der Waals surface area contributed by atoms with Gasteiger partial charge < -0.3 is 10.6 Å². The summed E-state index contributed by atoms with van der Waals surface area (Å²) in [7, 11) is 0. The number of amides is 1. The Labute approximate surface area is 100 Å². The Morgan fingerprint density at radius 3 is 2.47 bits per heavy atom. The van der Waals surface area contributed by atoms with Crippen LogP contribution in [0.2, 0.25) is 0 Å². The van der Waals surface area contributed by atoms with Crippen molar-refractivity contribution in [1.82, 2.24) is 0 Å². The molecule has 1 amide bonds. The smallest absolute Gasteiger partial charge is 0.227 e. The summed E-state index contributed by atoms with van der Waals surface area (Å²) in [5, 5.41) is 0. The van der Waals surface area contributed by atoms with Gasteiger partial charge in [-0.25, -0.2) is 4.39 Å². The molecule has 1 saturated heterocycles. The predicted octanol–water partition coefficient (Wildman–Crippen LogP) is 1.92. The van der Waals surface area contributed by atoms with Crippen molar-refractivity contribution < 1.29 is 9.18 Å². The van der Waals surface area contributed by atoms with E-state index in [1.54, 1.807) is 17.0 Å². The quantitative estimate of drug-likeness (QED) is 0.852. The Morgan fingerprint density at radius 1 is 1.41 bits per heavy atom. The number of anilines is 1. The van der Waals surface area contributed by atoms with Crippen molar-refractivity contribution in [2.24, 2.45) is 11.7 Å². The normalized spacial score (nSPS) is 23.2. The van der Waals surface area contributed by atoms with Gasteiger partial charge in [-0.05, 0) is 44.7 Å². The molecule has 1 aliphatic heterocycles. The van der Waals surface area contributed by atoms with Crippen molar-refractivity contribution in [2.45, 2.75) is 25.8 Å². The maximum atomic E-state index is 12.9. The predicted molar refractivity (Wildman–Crippen MR) is 65.1 cm³/mol. The summed E-state index contributed by atoms with van der Waals surface area (Å²) in [4.78, 5) is 13.7. The van der Waals surface area contributed by atoms with Crippen molar-refractivity contribution in [3.8, 4) is 0 Å². The van der Waals surface area contributed by atoms with Crippen LogP contribution in [0.25, 0.3) is 0 Å². The molecule has 0 saturated carbocycles. The third kappa shape index (κ3) is 1.93. The van der Waals surface area contributed by atoms with Crippen LogP contribution in [-0.4, -0.2) is 18.0 Å². The number of hydrogen-bond acceptors (Lipinski definition) is 2. The fraction of sp³-hybridized carbons (Fsp3) is 0.462. The van der Waals surface area contributed by atoms with Crippen molar-refractivity contribution in [3.05, 3.63) is 30.1 Å². The standard InChI is InChI=1S/C13H17FN2O/c1-13(2)9(8-15)7-12(17)16(13)11-5-3-10(14)4-6-11/h3-6,9H,7-8,15H2,1-2H3.